The molecular formula is C11H6BrF3O3. The van der Waals surface area contributed by atoms with E-state index in [1.54, 1.807) is 0 Å². The Morgan fingerprint density at radius 3 is 2.56 bits per heavy atom. The first-order valence-electron chi connectivity index (χ1n) is 4.51. The zero-order chi connectivity index (χ0) is 13.8. The van der Waals surface area contributed by atoms with Gasteiger partial charge in [0.2, 0.25) is 0 Å². The van der Waals surface area contributed by atoms with Crippen molar-refractivity contribution in [2.75, 3.05) is 5.33 Å². The van der Waals surface area contributed by atoms with E-state index in [2.05, 4.69) is 32.5 Å². The highest BCUT2D eigenvalue weighted by Gasteiger charge is 2.31. The van der Waals surface area contributed by atoms with Crippen LogP contribution < -0.4 is 4.74 Å². The monoisotopic (exact) mass is 322 g/mol. The van der Waals surface area contributed by atoms with Gasteiger partial charge in [-0.3, -0.25) is 0 Å². The maximum atomic E-state index is 12.0. The van der Waals surface area contributed by atoms with Crippen molar-refractivity contribution in [3.63, 3.8) is 0 Å². The Bertz CT molecular complexity index is 514. The van der Waals surface area contributed by atoms with E-state index in [1.165, 1.54) is 6.07 Å². The second-order valence-electron chi connectivity index (χ2n) is 3.03. The number of alkyl halides is 4. The summed E-state index contributed by atoms with van der Waals surface area (Å²) in [5, 5.41) is 9.08. The van der Waals surface area contributed by atoms with E-state index in [9.17, 15) is 18.0 Å². The van der Waals surface area contributed by atoms with Crippen molar-refractivity contribution in [2.24, 2.45) is 0 Å². The zero-order valence-corrected chi connectivity index (χ0v) is 10.3. The van der Waals surface area contributed by atoms with Gasteiger partial charge in [-0.15, -0.1) is 13.2 Å². The number of carboxylic acid groups (broad SMARTS) is 1. The van der Waals surface area contributed by atoms with E-state index >= 15 is 0 Å². The third-order valence-electron chi connectivity index (χ3n) is 1.69. The summed E-state index contributed by atoms with van der Waals surface area (Å²) in [5.41, 5.74) is -0.191. The summed E-state index contributed by atoms with van der Waals surface area (Å²) >= 11 is 3.02. The number of halogens is 4. The van der Waals surface area contributed by atoms with E-state index in [4.69, 9.17) is 5.11 Å². The predicted molar refractivity (Wildman–Crippen MR) is 60.8 cm³/mol. The molecule has 1 rings (SSSR count). The number of hydrogen-bond donors (Lipinski definition) is 1. The lowest BCUT2D eigenvalue weighted by molar-refractivity contribution is -0.274. The summed E-state index contributed by atoms with van der Waals surface area (Å²) in [5.74, 6) is 3.10. The maximum Gasteiger partial charge on any atom is 0.573 e. The molecule has 0 saturated heterocycles. The zero-order valence-electron chi connectivity index (χ0n) is 8.71. The molecule has 0 fully saturated rings. The molecule has 0 atom stereocenters. The van der Waals surface area contributed by atoms with E-state index in [0.717, 1.165) is 12.1 Å². The number of carboxylic acids is 1. The van der Waals surface area contributed by atoms with Crippen LogP contribution in [0.3, 0.4) is 0 Å². The highest BCUT2D eigenvalue weighted by atomic mass is 79.9. The van der Waals surface area contributed by atoms with Crippen LogP contribution in [0.1, 0.15) is 15.9 Å². The van der Waals surface area contributed by atoms with Gasteiger partial charge in [0.15, 0.2) is 0 Å². The molecule has 0 bridgehead atoms. The fourth-order valence-electron chi connectivity index (χ4n) is 1.12. The molecule has 0 radical (unpaired) electrons. The molecule has 0 saturated carbocycles. The lowest BCUT2D eigenvalue weighted by Gasteiger charge is -2.09. The molecule has 7 heteroatoms. The van der Waals surface area contributed by atoms with Crippen LogP contribution in [0.4, 0.5) is 13.2 Å². The average Bonchev–Trinajstić information content (AvgIpc) is 2.23. The number of carbonyl (C=O) groups is 1. The molecule has 0 aliphatic heterocycles. The van der Waals surface area contributed by atoms with E-state index in [1.807, 2.05) is 0 Å². The minimum atomic E-state index is -4.88. The van der Waals surface area contributed by atoms with Crippen molar-refractivity contribution < 1.29 is 27.8 Å². The summed E-state index contributed by atoms with van der Waals surface area (Å²) in [4.78, 5) is 10.8. The predicted octanol–water partition coefficient (Wildman–Crippen LogP) is 3.03. The van der Waals surface area contributed by atoms with Gasteiger partial charge in [0.25, 0.3) is 0 Å². The van der Waals surface area contributed by atoms with Gasteiger partial charge in [0, 0.05) is 5.56 Å². The Labute approximate surface area is 109 Å². The van der Waals surface area contributed by atoms with Gasteiger partial charge >= 0.3 is 12.3 Å². The third-order valence-corrected chi connectivity index (χ3v) is 1.97. The van der Waals surface area contributed by atoms with Gasteiger partial charge in [-0.25, -0.2) is 4.79 Å². The Kier molecular flexibility index (Phi) is 4.62. The molecule has 0 unspecified atom stereocenters. The molecule has 1 aromatic carbocycles. The topological polar surface area (TPSA) is 46.5 Å². The highest BCUT2D eigenvalue weighted by molar-refractivity contribution is 9.09. The van der Waals surface area contributed by atoms with Gasteiger partial charge in [0.1, 0.15) is 5.75 Å². The van der Waals surface area contributed by atoms with Crippen LogP contribution in [0.2, 0.25) is 0 Å². The first kappa shape index (κ1) is 14.4. The number of aromatic carboxylic acids is 1. The lowest BCUT2D eigenvalue weighted by atomic mass is 10.1. The standard InChI is InChI=1S/C11H6BrF3O3/c12-3-1-2-7-4-8(10(16)17)6-9(5-7)18-11(13,14)15/h4-6H,3H2,(H,16,17). The molecule has 0 heterocycles. The van der Waals surface area contributed by atoms with Crippen LogP contribution in [0.5, 0.6) is 5.75 Å². The van der Waals surface area contributed by atoms with Crippen LogP contribution in [0.25, 0.3) is 0 Å². The summed E-state index contributed by atoms with van der Waals surface area (Å²) in [6, 6.07) is 2.98. The van der Waals surface area contributed by atoms with Crippen molar-refractivity contribution in [1.29, 1.82) is 0 Å². The summed E-state index contributed by atoms with van der Waals surface area (Å²) in [6.45, 7) is 0. The number of rotatable bonds is 2. The van der Waals surface area contributed by atoms with Gasteiger partial charge < -0.3 is 9.84 Å². The third kappa shape index (κ3) is 4.67. The molecule has 3 nitrogen and oxygen atoms in total. The number of ether oxygens (including phenoxy) is 1. The van der Waals surface area contributed by atoms with Crippen LogP contribution >= 0.6 is 15.9 Å². The lowest BCUT2D eigenvalue weighted by Crippen LogP contribution is -2.17. The number of hydrogen-bond acceptors (Lipinski definition) is 2. The van der Waals surface area contributed by atoms with Crippen LogP contribution in [0, 0.1) is 11.8 Å². The molecule has 0 aromatic heterocycles. The van der Waals surface area contributed by atoms with Crippen molar-refractivity contribution in [3.05, 3.63) is 29.3 Å². The van der Waals surface area contributed by atoms with E-state index < -0.39 is 18.1 Å². The normalized spacial score (nSPS) is 10.4. The average molecular weight is 323 g/mol. The van der Waals surface area contributed by atoms with Crippen molar-refractivity contribution >= 4 is 21.9 Å². The summed E-state index contributed by atoms with van der Waals surface area (Å²) < 4.78 is 39.8. The van der Waals surface area contributed by atoms with Crippen LogP contribution in [-0.2, 0) is 0 Å². The number of benzene rings is 1. The second-order valence-corrected chi connectivity index (χ2v) is 3.60. The van der Waals surface area contributed by atoms with Crippen molar-refractivity contribution in [2.45, 2.75) is 6.36 Å². The minimum absolute atomic E-state index is 0.133. The first-order valence-corrected chi connectivity index (χ1v) is 5.63. The Hall–Kier alpha value is -1.68. The fraction of sp³-hybridized carbons (Fsp3) is 0.182. The summed E-state index contributed by atoms with van der Waals surface area (Å²) in [7, 11) is 0. The van der Waals surface area contributed by atoms with E-state index in [0.29, 0.717) is 5.33 Å². The van der Waals surface area contributed by atoms with Crippen LogP contribution in [-0.4, -0.2) is 22.8 Å². The fourth-order valence-corrected chi connectivity index (χ4v) is 1.26. The van der Waals surface area contributed by atoms with Crippen LogP contribution in [0.15, 0.2) is 18.2 Å². The molecule has 0 aliphatic carbocycles. The molecule has 18 heavy (non-hydrogen) atoms. The molecule has 1 N–H and O–H groups in total. The molecule has 0 aliphatic rings. The molecule has 1 aromatic rings. The minimum Gasteiger partial charge on any atom is -0.478 e. The molecule has 0 amide bonds. The molecule has 96 valence electrons. The largest absolute Gasteiger partial charge is 0.573 e. The van der Waals surface area contributed by atoms with Gasteiger partial charge in [-0.2, -0.15) is 0 Å². The van der Waals surface area contributed by atoms with Crippen molar-refractivity contribution in [3.8, 4) is 17.6 Å². The highest BCUT2D eigenvalue weighted by Crippen LogP contribution is 2.25. The van der Waals surface area contributed by atoms with Gasteiger partial charge in [-0.1, -0.05) is 27.8 Å². The maximum absolute atomic E-state index is 12.0. The Balaban J connectivity index is 3.18. The smallest absolute Gasteiger partial charge is 0.478 e. The Morgan fingerprint density at radius 1 is 1.39 bits per heavy atom. The Morgan fingerprint density at radius 2 is 2.06 bits per heavy atom. The van der Waals surface area contributed by atoms with Gasteiger partial charge in [0.05, 0.1) is 10.9 Å². The molecule has 0 spiro atoms. The summed E-state index contributed by atoms with van der Waals surface area (Å²) in [6.07, 6.45) is -4.88. The SMILES string of the molecule is O=C(O)c1cc(C#CCBr)cc(OC(F)(F)F)c1. The van der Waals surface area contributed by atoms with E-state index in [-0.39, 0.29) is 11.1 Å². The van der Waals surface area contributed by atoms with Gasteiger partial charge in [-0.05, 0) is 18.2 Å². The van der Waals surface area contributed by atoms with Crippen molar-refractivity contribution in [1.82, 2.24) is 0 Å². The molecular weight excluding hydrogens is 317 g/mol. The quantitative estimate of drug-likeness (QED) is 0.672. The second kappa shape index (κ2) is 5.78. The first-order chi connectivity index (χ1) is 8.31.